The number of nitrogens with zero attached hydrogens (tertiary/aromatic N) is 2. The number of nitrogens with one attached hydrogen (secondary N) is 1. The number of hydrogen-bond donors (Lipinski definition) is 1. The fourth-order valence-corrected chi connectivity index (χ4v) is 3.27. The van der Waals surface area contributed by atoms with Crippen LogP contribution in [0.2, 0.25) is 0 Å². The first-order chi connectivity index (χ1) is 11.6. The van der Waals surface area contributed by atoms with Crippen LogP contribution < -0.4 is 5.32 Å². The molecular weight excluding hydrogens is 322 g/mol. The summed E-state index contributed by atoms with van der Waals surface area (Å²) in [6, 6.07) is 5.68. The van der Waals surface area contributed by atoms with Crippen LogP contribution in [0.25, 0.3) is 17.2 Å². The SMILES string of the molecule is Cc1nn(CCNC(=O)C=Cc2ccco2)c(C)c1-c1ccsc1. The number of rotatable bonds is 6. The van der Waals surface area contributed by atoms with Crippen LogP contribution in [0, 0.1) is 13.8 Å². The lowest BCUT2D eigenvalue weighted by Crippen LogP contribution is -2.26. The van der Waals surface area contributed by atoms with E-state index < -0.39 is 0 Å². The van der Waals surface area contributed by atoms with Crippen molar-refractivity contribution in [1.29, 1.82) is 0 Å². The summed E-state index contributed by atoms with van der Waals surface area (Å²) in [7, 11) is 0. The first-order valence-corrected chi connectivity index (χ1v) is 8.65. The summed E-state index contributed by atoms with van der Waals surface area (Å²) in [6.45, 7) is 5.23. The van der Waals surface area contributed by atoms with E-state index in [2.05, 4.69) is 34.2 Å². The van der Waals surface area contributed by atoms with Crippen LogP contribution >= 0.6 is 11.3 Å². The lowest BCUT2D eigenvalue weighted by molar-refractivity contribution is -0.116. The Balaban J connectivity index is 1.57. The van der Waals surface area contributed by atoms with E-state index in [9.17, 15) is 4.79 Å². The lowest BCUT2D eigenvalue weighted by Gasteiger charge is -2.06. The second kappa shape index (κ2) is 7.31. The average molecular weight is 341 g/mol. The van der Waals surface area contributed by atoms with Gasteiger partial charge in [-0.3, -0.25) is 9.48 Å². The van der Waals surface area contributed by atoms with Crippen molar-refractivity contribution in [3.8, 4) is 11.1 Å². The molecule has 3 heterocycles. The second-order valence-electron chi connectivity index (χ2n) is 5.42. The first kappa shape index (κ1) is 16.3. The predicted octanol–water partition coefficient (Wildman–Crippen LogP) is 3.65. The van der Waals surface area contributed by atoms with E-state index in [-0.39, 0.29) is 5.91 Å². The van der Waals surface area contributed by atoms with Crippen molar-refractivity contribution in [2.75, 3.05) is 6.54 Å². The second-order valence-corrected chi connectivity index (χ2v) is 6.20. The minimum Gasteiger partial charge on any atom is -0.465 e. The van der Waals surface area contributed by atoms with E-state index in [1.807, 2.05) is 11.6 Å². The standard InChI is InChI=1S/C18H19N3O2S/c1-13-18(15-7-11-24-12-15)14(2)21(20-13)9-8-19-17(22)6-5-16-4-3-10-23-16/h3-7,10-12H,8-9H2,1-2H3,(H,19,22). The Labute approximate surface area is 144 Å². The molecule has 1 amide bonds. The number of hydrogen-bond acceptors (Lipinski definition) is 4. The van der Waals surface area contributed by atoms with Crippen molar-refractivity contribution in [2.24, 2.45) is 0 Å². The van der Waals surface area contributed by atoms with Crippen molar-refractivity contribution < 1.29 is 9.21 Å². The van der Waals surface area contributed by atoms with E-state index in [0.29, 0.717) is 18.8 Å². The summed E-state index contributed by atoms with van der Waals surface area (Å²) in [5.74, 6) is 0.509. The van der Waals surface area contributed by atoms with Gasteiger partial charge in [0.05, 0.1) is 18.5 Å². The highest BCUT2D eigenvalue weighted by molar-refractivity contribution is 7.08. The van der Waals surface area contributed by atoms with Gasteiger partial charge in [-0.25, -0.2) is 0 Å². The summed E-state index contributed by atoms with van der Waals surface area (Å²) < 4.78 is 7.09. The van der Waals surface area contributed by atoms with Gasteiger partial charge < -0.3 is 9.73 Å². The monoisotopic (exact) mass is 341 g/mol. The molecule has 0 bridgehead atoms. The molecule has 5 nitrogen and oxygen atoms in total. The van der Waals surface area contributed by atoms with Gasteiger partial charge in [0.2, 0.25) is 5.91 Å². The zero-order valence-electron chi connectivity index (χ0n) is 13.7. The summed E-state index contributed by atoms with van der Waals surface area (Å²) >= 11 is 1.68. The number of furan rings is 1. The average Bonchev–Trinajstić information content (AvgIpc) is 3.28. The molecule has 3 aromatic rings. The van der Waals surface area contributed by atoms with E-state index in [4.69, 9.17) is 4.42 Å². The van der Waals surface area contributed by atoms with Gasteiger partial charge in [0, 0.05) is 23.9 Å². The van der Waals surface area contributed by atoms with Gasteiger partial charge in [-0.2, -0.15) is 16.4 Å². The van der Waals surface area contributed by atoms with Crippen LogP contribution in [0.15, 0.2) is 45.7 Å². The van der Waals surface area contributed by atoms with Gasteiger partial charge in [0.25, 0.3) is 0 Å². The summed E-state index contributed by atoms with van der Waals surface area (Å²) in [4.78, 5) is 11.8. The fourth-order valence-electron chi connectivity index (χ4n) is 2.63. The zero-order chi connectivity index (χ0) is 16.9. The zero-order valence-corrected chi connectivity index (χ0v) is 14.5. The van der Waals surface area contributed by atoms with E-state index in [1.165, 1.54) is 17.2 Å². The van der Waals surface area contributed by atoms with Crippen molar-refractivity contribution in [2.45, 2.75) is 20.4 Å². The molecule has 0 saturated heterocycles. The maximum atomic E-state index is 11.8. The van der Waals surface area contributed by atoms with Crippen molar-refractivity contribution >= 4 is 23.3 Å². The molecule has 0 saturated carbocycles. The van der Waals surface area contributed by atoms with Crippen molar-refractivity contribution in [1.82, 2.24) is 15.1 Å². The van der Waals surface area contributed by atoms with Gasteiger partial charge in [-0.1, -0.05) is 0 Å². The third-order valence-electron chi connectivity index (χ3n) is 3.76. The molecule has 3 aromatic heterocycles. The number of thiophene rings is 1. The Morgan fingerprint density at radius 1 is 1.42 bits per heavy atom. The molecule has 24 heavy (non-hydrogen) atoms. The molecule has 0 aliphatic heterocycles. The molecule has 124 valence electrons. The lowest BCUT2D eigenvalue weighted by atomic mass is 10.1. The van der Waals surface area contributed by atoms with Crippen LogP contribution in [0.5, 0.6) is 0 Å². The Bertz CT molecular complexity index is 830. The van der Waals surface area contributed by atoms with Crippen LogP contribution in [0.1, 0.15) is 17.1 Å². The number of aryl methyl sites for hydroxylation is 1. The van der Waals surface area contributed by atoms with Crippen LogP contribution in [0.4, 0.5) is 0 Å². The molecule has 0 spiro atoms. The molecule has 0 fully saturated rings. The Hall–Kier alpha value is -2.60. The van der Waals surface area contributed by atoms with Gasteiger partial charge in [0.1, 0.15) is 5.76 Å². The van der Waals surface area contributed by atoms with Crippen LogP contribution in [0.3, 0.4) is 0 Å². The Morgan fingerprint density at radius 3 is 3.00 bits per heavy atom. The number of amides is 1. The van der Waals surface area contributed by atoms with Gasteiger partial charge >= 0.3 is 0 Å². The van der Waals surface area contributed by atoms with Gasteiger partial charge in [0.15, 0.2) is 0 Å². The number of carbonyl (C=O) groups excluding carboxylic acids is 1. The topological polar surface area (TPSA) is 60.1 Å². The molecule has 0 unspecified atom stereocenters. The molecule has 1 N–H and O–H groups in total. The van der Waals surface area contributed by atoms with Crippen LogP contribution in [-0.2, 0) is 11.3 Å². The number of carbonyl (C=O) groups is 1. The molecule has 0 radical (unpaired) electrons. The third-order valence-corrected chi connectivity index (χ3v) is 4.44. The number of aromatic nitrogens is 2. The summed E-state index contributed by atoms with van der Waals surface area (Å²) in [6.07, 6.45) is 4.69. The predicted molar refractivity (Wildman–Crippen MR) is 95.8 cm³/mol. The molecular formula is C18H19N3O2S. The normalized spacial score (nSPS) is 11.2. The summed E-state index contributed by atoms with van der Waals surface area (Å²) in [5.41, 5.74) is 4.51. The van der Waals surface area contributed by atoms with E-state index >= 15 is 0 Å². The molecule has 0 aliphatic carbocycles. The molecule has 0 atom stereocenters. The Kier molecular flexibility index (Phi) is 4.96. The van der Waals surface area contributed by atoms with Gasteiger partial charge in [-0.15, -0.1) is 0 Å². The van der Waals surface area contributed by atoms with Crippen molar-refractivity contribution in [3.63, 3.8) is 0 Å². The van der Waals surface area contributed by atoms with Crippen LogP contribution in [-0.4, -0.2) is 22.2 Å². The largest absolute Gasteiger partial charge is 0.465 e. The highest BCUT2D eigenvalue weighted by Gasteiger charge is 2.13. The first-order valence-electron chi connectivity index (χ1n) is 7.71. The highest BCUT2D eigenvalue weighted by Crippen LogP contribution is 2.28. The minimum atomic E-state index is -0.147. The quantitative estimate of drug-likeness (QED) is 0.696. The summed E-state index contributed by atoms with van der Waals surface area (Å²) in [5, 5.41) is 11.6. The minimum absolute atomic E-state index is 0.147. The third kappa shape index (κ3) is 3.65. The van der Waals surface area contributed by atoms with E-state index in [0.717, 1.165) is 11.4 Å². The molecule has 6 heteroatoms. The fraction of sp³-hybridized carbons (Fsp3) is 0.222. The molecule has 3 rings (SSSR count). The van der Waals surface area contributed by atoms with Crippen molar-refractivity contribution in [3.05, 3.63) is 58.4 Å². The maximum absolute atomic E-state index is 11.8. The molecule has 0 aliphatic rings. The smallest absolute Gasteiger partial charge is 0.244 e. The molecule has 0 aromatic carbocycles. The highest BCUT2D eigenvalue weighted by atomic mass is 32.1. The maximum Gasteiger partial charge on any atom is 0.244 e. The Morgan fingerprint density at radius 2 is 2.29 bits per heavy atom. The van der Waals surface area contributed by atoms with Gasteiger partial charge in [-0.05, 0) is 54.4 Å². The van der Waals surface area contributed by atoms with E-state index in [1.54, 1.807) is 35.8 Å².